The zero-order chi connectivity index (χ0) is 19.6. The highest BCUT2D eigenvalue weighted by Gasteiger charge is 1.90. The molecule has 0 aliphatic carbocycles. The van der Waals surface area contributed by atoms with Crippen LogP contribution in [0.4, 0.5) is 0 Å². The summed E-state index contributed by atoms with van der Waals surface area (Å²) in [7, 11) is 0. The highest BCUT2D eigenvalue weighted by molar-refractivity contribution is 4.85. The van der Waals surface area contributed by atoms with Gasteiger partial charge in [-0.1, -0.05) is 37.9 Å². The number of hydrogen-bond donors (Lipinski definition) is 0. The van der Waals surface area contributed by atoms with Gasteiger partial charge in [0.2, 0.25) is 0 Å². The molecule has 162 valence electrons. The van der Waals surface area contributed by atoms with Gasteiger partial charge in [0.1, 0.15) is 0 Å². The third-order valence-corrected chi connectivity index (χ3v) is 3.35. The molecule has 0 fully saturated rings. The molecular weight excluding hydrogens is 711 g/mol. The lowest BCUT2D eigenvalue weighted by atomic mass is 10.5. The second-order valence-electron chi connectivity index (χ2n) is 5.58. The highest BCUT2D eigenvalue weighted by Crippen LogP contribution is 1.77. The van der Waals surface area contributed by atoms with Gasteiger partial charge in [-0.3, -0.25) is 0 Å². The maximum Gasteiger partial charge on any atom is 0.169 e. The summed E-state index contributed by atoms with van der Waals surface area (Å²) >= 11 is 0. The molecule has 6 heteroatoms. The van der Waals surface area contributed by atoms with Crippen molar-refractivity contribution in [3.05, 3.63) is 130 Å². The van der Waals surface area contributed by atoms with E-state index in [1.807, 2.05) is 110 Å². The molecule has 0 aliphatic heterocycles. The number of rotatable bonds is 6. The predicted octanol–water partition coefficient (Wildman–Crippen LogP) is -5.51. The normalized spacial score (nSPS) is 8.00. The van der Waals surface area contributed by atoms with Gasteiger partial charge >= 0.3 is 0 Å². The Balaban J connectivity index is -0.000000347. The Morgan fingerprint density at radius 2 is 0.600 bits per heavy atom. The number of aromatic nitrogens is 3. The van der Waals surface area contributed by atoms with E-state index in [-0.39, 0.29) is 71.9 Å². The van der Waals surface area contributed by atoms with Gasteiger partial charge in [-0.25, -0.2) is 13.7 Å². The Morgan fingerprint density at radius 1 is 0.400 bits per heavy atom. The van der Waals surface area contributed by atoms with E-state index in [1.165, 1.54) is 0 Å². The first kappa shape index (κ1) is 33.5. The Kier molecular flexibility index (Phi) is 26.9. The van der Waals surface area contributed by atoms with Crippen LogP contribution >= 0.6 is 0 Å². The van der Waals surface area contributed by atoms with Crippen molar-refractivity contribution in [1.29, 1.82) is 0 Å². The molecule has 3 nitrogen and oxygen atoms in total. The van der Waals surface area contributed by atoms with Crippen LogP contribution in [0.15, 0.2) is 130 Å². The average molecular weight is 741 g/mol. The third kappa shape index (κ3) is 17.7. The Hall–Kier alpha value is -1.14. The molecule has 3 aromatic rings. The molecule has 0 radical (unpaired) electrons. The van der Waals surface area contributed by atoms with Crippen molar-refractivity contribution in [1.82, 2.24) is 0 Å². The van der Waals surface area contributed by atoms with Crippen LogP contribution in [0.3, 0.4) is 0 Å². The number of hydrogen-bond acceptors (Lipinski definition) is 0. The third-order valence-electron chi connectivity index (χ3n) is 3.35. The zero-order valence-corrected chi connectivity index (χ0v) is 23.6. The largest absolute Gasteiger partial charge is 1.00 e. The average Bonchev–Trinajstić information content (AvgIpc) is 2.72. The Morgan fingerprint density at radius 3 is 0.767 bits per heavy atom. The monoisotopic (exact) mass is 741 g/mol. The van der Waals surface area contributed by atoms with E-state index >= 15 is 0 Å². The van der Waals surface area contributed by atoms with Crippen LogP contribution in [0.5, 0.6) is 0 Å². The standard InChI is InChI=1S/3C8H10N.3HI/c3*1-2-6-9-7-4-3-5-8-9;;;/h3*2-5,7-8H,1,6H2;3*1H/q3*+1;;;/p-3. The number of halogens is 3. The first-order valence-corrected chi connectivity index (χ1v) is 8.95. The van der Waals surface area contributed by atoms with E-state index in [0.717, 1.165) is 19.6 Å². The fourth-order valence-corrected chi connectivity index (χ4v) is 2.12. The summed E-state index contributed by atoms with van der Waals surface area (Å²) in [6.45, 7) is 13.6. The topological polar surface area (TPSA) is 11.6 Å². The van der Waals surface area contributed by atoms with E-state index in [0.29, 0.717) is 0 Å². The van der Waals surface area contributed by atoms with Crippen molar-refractivity contribution in [3.8, 4) is 0 Å². The molecule has 3 rings (SSSR count). The van der Waals surface area contributed by atoms with Gasteiger partial charge < -0.3 is 71.9 Å². The van der Waals surface area contributed by atoms with Crippen LogP contribution < -0.4 is 85.6 Å². The minimum absolute atomic E-state index is 0. The quantitative estimate of drug-likeness (QED) is 0.136. The van der Waals surface area contributed by atoms with E-state index in [4.69, 9.17) is 0 Å². The zero-order valence-electron chi connectivity index (χ0n) is 17.1. The van der Waals surface area contributed by atoms with Gasteiger partial charge in [-0.05, 0) is 18.2 Å². The molecule has 0 atom stereocenters. The van der Waals surface area contributed by atoms with Crippen LogP contribution in [-0.2, 0) is 19.6 Å². The first-order valence-electron chi connectivity index (χ1n) is 8.95. The van der Waals surface area contributed by atoms with E-state index < -0.39 is 0 Å². The molecule has 3 heterocycles. The van der Waals surface area contributed by atoms with Crippen molar-refractivity contribution < 1.29 is 85.6 Å². The molecule has 0 spiro atoms. The molecule has 0 saturated carbocycles. The van der Waals surface area contributed by atoms with E-state index in [2.05, 4.69) is 33.4 Å². The highest BCUT2D eigenvalue weighted by atomic mass is 127. The fourth-order valence-electron chi connectivity index (χ4n) is 2.12. The maximum atomic E-state index is 3.64. The molecule has 0 unspecified atom stereocenters. The predicted molar refractivity (Wildman–Crippen MR) is 111 cm³/mol. The molecule has 0 N–H and O–H groups in total. The first-order chi connectivity index (χ1) is 13.3. The molecule has 3 aromatic heterocycles. The summed E-state index contributed by atoms with van der Waals surface area (Å²) in [6, 6.07) is 18.0. The lowest BCUT2D eigenvalue weighted by Crippen LogP contribution is -3.00. The smallest absolute Gasteiger partial charge is 0.169 e. The summed E-state index contributed by atoms with van der Waals surface area (Å²) in [5.41, 5.74) is 0. The SMILES string of the molecule is C=CC[n+]1ccccc1.C=CC[n+]1ccccc1.C=CC[n+]1ccccc1.[I-].[I-].[I-]. The number of allylic oxidation sites excluding steroid dienone is 3. The Bertz CT molecular complexity index is 659. The number of pyridine rings is 3. The number of nitrogens with zero attached hydrogens (tertiary/aromatic N) is 3. The van der Waals surface area contributed by atoms with Gasteiger partial charge in [0.05, 0.1) is 0 Å². The van der Waals surface area contributed by atoms with Gasteiger partial charge in [-0.2, -0.15) is 0 Å². The van der Waals surface area contributed by atoms with Crippen molar-refractivity contribution >= 4 is 0 Å². The van der Waals surface area contributed by atoms with Crippen molar-refractivity contribution in [2.24, 2.45) is 0 Å². The van der Waals surface area contributed by atoms with Crippen molar-refractivity contribution in [3.63, 3.8) is 0 Å². The van der Waals surface area contributed by atoms with Gasteiger partial charge in [0, 0.05) is 36.4 Å². The van der Waals surface area contributed by atoms with Crippen molar-refractivity contribution in [2.75, 3.05) is 0 Å². The molecule has 0 saturated heterocycles. The van der Waals surface area contributed by atoms with Gasteiger partial charge in [-0.15, -0.1) is 0 Å². The van der Waals surface area contributed by atoms with Crippen LogP contribution in [-0.4, -0.2) is 0 Å². The second-order valence-corrected chi connectivity index (χ2v) is 5.58. The van der Waals surface area contributed by atoms with Gasteiger partial charge in [0.15, 0.2) is 56.8 Å². The minimum Gasteiger partial charge on any atom is -1.00 e. The lowest BCUT2D eigenvalue weighted by Gasteiger charge is -1.86. The summed E-state index contributed by atoms with van der Waals surface area (Å²) in [5.74, 6) is 0. The Labute approximate surface area is 232 Å². The fraction of sp³-hybridized carbons (Fsp3) is 0.125. The van der Waals surface area contributed by atoms with Crippen molar-refractivity contribution in [2.45, 2.75) is 19.6 Å². The van der Waals surface area contributed by atoms with E-state index in [1.54, 1.807) is 0 Å². The second kappa shape index (κ2) is 24.1. The lowest BCUT2D eigenvalue weighted by molar-refractivity contribution is -0.687. The molecular formula is C24H30I3N3. The van der Waals surface area contributed by atoms with E-state index in [9.17, 15) is 0 Å². The summed E-state index contributed by atoms with van der Waals surface area (Å²) in [6.07, 6.45) is 17.7. The van der Waals surface area contributed by atoms with Crippen LogP contribution in [0, 0.1) is 0 Å². The molecule has 30 heavy (non-hydrogen) atoms. The van der Waals surface area contributed by atoms with Crippen LogP contribution in [0.1, 0.15) is 0 Å². The summed E-state index contributed by atoms with van der Waals surface area (Å²) < 4.78 is 6.19. The molecule has 0 aliphatic rings. The minimum atomic E-state index is 0. The molecule has 0 bridgehead atoms. The van der Waals surface area contributed by atoms with Crippen LogP contribution in [0.2, 0.25) is 0 Å². The molecule has 0 aromatic carbocycles. The molecule has 0 amide bonds. The van der Waals surface area contributed by atoms with Gasteiger partial charge in [0.25, 0.3) is 0 Å². The summed E-state index contributed by atoms with van der Waals surface area (Å²) in [4.78, 5) is 0. The maximum absolute atomic E-state index is 3.64. The van der Waals surface area contributed by atoms with Crippen LogP contribution in [0.25, 0.3) is 0 Å². The summed E-state index contributed by atoms with van der Waals surface area (Å²) in [5, 5.41) is 0.